The molecule has 2 aromatic rings. The van der Waals surface area contributed by atoms with Crippen LogP contribution in [0.25, 0.3) is 0 Å². The highest BCUT2D eigenvalue weighted by Crippen LogP contribution is 2.30. The number of hydrogen-bond donors (Lipinski definition) is 1. The summed E-state index contributed by atoms with van der Waals surface area (Å²) in [4.78, 5) is 7.64. The van der Waals surface area contributed by atoms with Crippen molar-refractivity contribution in [1.29, 1.82) is 0 Å². The maximum Gasteiger partial charge on any atom is 0.0896 e. The summed E-state index contributed by atoms with van der Waals surface area (Å²) in [6.07, 6.45) is 6.63. The summed E-state index contributed by atoms with van der Waals surface area (Å²) in [5.41, 5.74) is 1.30. The highest BCUT2D eigenvalue weighted by atomic mass is 32.1. The van der Waals surface area contributed by atoms with Gasteiger partial charge >= 0.3 is 0 Å². The van der Waals surface area contributed by atoms with Crippen LogP contribution in [0, 0.1) is 0 Å². The Morgan fingerprint density at radius 3 is 2.95 bits per heavy atom. The molecule has 1 fully saturated rings. The number of nitrogens with zero attached hydrogens (tertiary/aromatic N) is 2. The first kappa shape index (κ1) is 13.7. The van der Waals surface area contributed by atoms with Gasteiger partial charge in [-0.15, -0.1) is 11.3 Å². The lowest BCUT2D eigenvalue weighted by Gasteiger charge is -2.26. The van der Waals surface area contributed by atoms with Gasteiger partial charge in [-0.2, -0.15) is 0 Å². The van der Waals surface area contributed by atoms with E-state index < -0.39 is 0 Å². The first-order chi connectivity index (χ1) is 9.83. The molecule has 0 saturated carbocycles. The average Bonchev–Trinajstić information content (AvgIpc) is 3.12. The largest absolute Gasteiger partial charge is 0.388 e. The van der Waals surface area contributed by atoms with Crippen molar-refractivity contribution < 1.29 is 5.11 Å². The summed E-state index contributed by atoms with van der Waals surface area (Å²) < 4.78 is 0. The molecule has 2 atom stereocenters. The topological polar surface area (TPSA) is 36.4 Å². The lowest BCUT2D eigenvalue weighted by atomic mass is 10.1. The standard InChI is InChI=1S/C16H20N2OS/c19-15(16-4-2-10-20-16)11-14-3-1-9-18(14)12-13-5-7-17-8-6-13/h2,4-8,10,14-15,19H,1,3,9,11-12H2. The van der Waals surface area contributed by atoms with Crippen LogP contribution in [-0.2, 0) is 6.54 Å². The molecule has 106 valence electrons. The van der Waals surface area contributed by atoms with Crippen molar-refractivity contribution in [2.75, 3.05) is 6.54 Å². The van der Waals surface area contributed by atoms with Gasteiger partial charge in [0.1, 0.15) is 0 Å². The van der Waals surface area contributed by atoms with Crippen molar-refractivity contribution in [2.45, 2.75) is 38.0 Å². The first-order valence-corrected chi connectivity index (χ1v) is 8.05. The number of thiophene rings is 1. The Hall–Kier alpha value is -1.23. The second-order valence-electron chi connectivity index (χ2n) is 5.39. The highest BCUT2D eigenvalue weighted by Gasteiger charge is 2.27. The van der Waals surface area contributed by atoms with Crippen LogP contribution >= 0.6 is 11.3 Å². The molecule has 3 rings (SSSR count). The van der Waals surface area contributed by atoms with Crippen LogP contribution in [0.1, 0.15) is 35.8 Å². The van der Waals surface area contributed by atoms with E-state index in [-0.39, 0.29) is 6.10 Å². The minimum Gasteiger partial charge on any atom is -0.388 e. The number of rotatable bonds is 5. The monoisotopic (exact) mass is 288 g/mol. The smallest absolute Gasteiger partial charge is 0.0896 e. The zero-order valence-corrected chi connectivity index (χ0v) is 12.3. The van der Waals surface area contributed by atoms with Gasteiger partial charge in [0.05, 0.1) is 6.10 Å². The summed E-state index contributed by atoms with van der Waals surface area (Å²) in [6.45, 7) is 2.09. The summed E-state index contributed by atoms with van der Waals surface area (Å²) >= 11 is 1.64. The van der Waals surface area contributed by atoms with Gasteiger partial charge in [-0.3, -0.25) is 9.88 Å². The van der Waals surface area contributed by atoms with Crippen LogP contribution in [0.3, 0.4) is 0 Å². The number of likely N-dealkylation sites (tertiary alicyclic amines) is 1. The second kappa shape index (κ2) is 6.48. The molecule has 2 unspecified atom stereocenters. The van der Waals surface area contributed by atoms with E-state index in [1.54, 1.807) is 11.3 Å². The molecular formula is C16H20N2OS. The van der Waals surface area contributed by atoms with E-state index in [4.69, 9.17) is 0 Å². The lowest BCUT2D eigenvalue weighted by molar-refractivity contribution is 0.120. The fourth-order valence-electron chi connectivity index (χ4n) is 2.95. The van der Waals surface area contributed by atoms with Crippen molar-refractivity contribution in [3.63, 3.8) is 0 Å². The van der Waals surface area contributed by atoms with E-state index in [1.807, 2.05) is 29.9 Å². The van der Waals surface area contributed by atoms with Gasteiger partial charge in [0.25, 0.3) is 0 Å². The molecule has 0 spiro atoms. The Kier molecular flexibility index (Phi) is 4.45. The molecule has 0 aliphatic carbocycles. The fourth-order valence-corrected chi connectivity index (χ4v) is 3.67. The van der Waals surface area contributed by atoms with E-state index in [9.17, 15) is 5.11 Å². The maximum absolute atomic E-state index is 10.3. The third-order valence-electron chi connectivity index (χ3n) is 4.00. The van der Waals surface area contributed by atoms with E-state index >= 15 is 0 Å². The predicted molar refractivity (Wildman–Crippen MR) is 81.6 cm³/mol. The third kappa shape index (κ3) is 3.26. The van der Waals surface area contributed by atoms with Gasteiger partial charge < -0.3 is 5.11 Å². The third-order valence-corrected chi connectivity index (χ3v) is 4.97. The Balaban J connectivity index is 1.61. The van der Waals surface area contributed by atoms with Crippen LogP contribution in [0.4, 0.5) is 0 Å². The first-order valence-electron chi connectivity index (χ1n) is 7.17. The van der Waals surface area contributed by atoms with Crippen molar-refractivity contribution in [3.05, 3.63) is 52.5 Å². The van der Waals surface area contributed by atoms with Crippen molar-refractivity contribution >= 4 is 11.3 Å². The number of hydrogen-bond acceptors (Lipinski definition) is 4. The molecule has 0 aromatic carbocycles. The van der Waals surface area contributed by atoms with Gasteiger partial charge in [0, 0.05) is 29.9 Å². The molecule has 0 radical (unpaired) electrons. The van der Waals surface area contributed by atoms with Gasteiger partial charge in [-0.05, 0) is 54.9 Å². The average molecular weight is 288 g/mol. The number of aliphatic hydroxyl groups is 1. The minimum atomic E-state index is -0.321. The zero-order valence-electron chi connectivity index (χ0n) is 11.5. The molecule has 2 aromatic heterocycles. The van der Waals surface area contributed by atoms with Crippen LogP contribution in [-0.4, -0.2) is 27.6 Å². The molecule has 4 heteroatoms. The van der Waals surface area contributed by atoms with Gasteiger partial charge in [-0.1, -0.05) is 6.07 Å². The SMILES string of the molecule is OC(CC1CCCN1Cc1ccncc1)c1cccs1. The lowest BCUT2D eigenvalue weighted by Crippen LogP contribution is -2.30. The van der Waals surface area contributed by atoms with Crippen molar-refractivity contribution in [3.8, 4) is 0 Å². The van der Waals surface area contributed by atoms with Crippen LogP contribution in [0.2, 0.25) is 0 Å². The Bertz CT molecular complexity index is 515. The molecule has 1 aliphatic rings. The van der Waals surface area contributed by atoms with Crippen LogP contribution in [0.5, 0.6) is 0 Å². The summed E-state index contributed by atoms with van der Waals surface area (Å²) in [5, 5.41) is 12.4. The summed E-state index contributed by atoms with van der Waals surface area (Å²) in [7, 11) is 0. The molecule has 1 aliphatic heterocycles. The molecule has 3 nitrogen and oxygen atoms in total. The minimum absolute atomic E-state index is 0.321. The van der Waals surface area contributed by atoms with Gasteiger partial charge in [0.15, 0.2) is 0 Å². The number of pyridine rings is 1. The molecular weight excluding hydrogens is 268 g/mol. The quantitative estimate of drug-likeness (QED) is 0.917. The van der Waals surface area contributed by atoms with Crippen molar-refractivity contribution in [2.24, 2.45) is 0 Å². The van der Waals surface area contributed by atoms with Crippen LogP contribution in [0.15, 0.2) is 42.0 Å². The molecule has 3 heterocycles. The van der Waals surface area contributed by atoms with E-state index in [0.717, 1.165) is 24.4 Å². The molecule has 0 bridgehead atoms. The van der Waals surface area contributed by atoms with E-state index in [1.165, 1.54) is 18.4 Å². The van der Waals surface area contributed by atoms with Gasteiger partial charge in [-0.25, -0.2) is 0 Å². The normalized spacial score (nSPS) is 21.1. The predicted octanol–water partition coefficient (Wildman–Crippen LogP) is 3.23. The Morgan fingerprint density at radius 1 is 1.35 bits per heavy atom. The Labute approximate surface area is 123 Å². The van der Waals surface area contributed by atoms with E-state index in [0.29, 0.717) is 6.04 Å². The zero-order chi connectivity index (χ0) is 13.8. The summed E-state index contributed by atoms with van der Waals surface area (Å²) in [6, 6.07) is 8.67. The van der Waals surface area contributed by atoms with Crippen LogP contribution < -0.4 is 0 Å². The maximum atomic E-state index is 10.3. The second-order valence-corrected chi connectivity index (χ2v) is 6.37. The molecule has 0 amide bonds. The Morgan fingerprint density at radius 2 is 2.20 bits per heavy atom. The summed E-state index contributed by atoms with van der Waals surface area (Å²) in [5.74, 6) is 0. The number of aromatic nitrogens is 1. The van der Waals surface area contributed by atoms with Gasteiger partial charge in [0.2, 0.25) is 0 Å². The van der Waals surface area contributed by atoms with Crippen molar-refractivity contribution in [1.82, 2.24) is 9.88 Å². The molecule has 1 N–H and O–H groups in total. The molecule has 1 saturated heterocycles. The fraction of sp³-hybridized carbons (Fsp3) is 0.438. The molecule has 20 heavy (non-hydrogen) atoms. The van der Waals surface area contributed by atoms with E-state index in [2.05, 4.69) is 22.0 Å². The highest BCUT2D eigenvalue weighted by molar-refractivity contribution is 7.10. The number of aliphatic hydroxyl groups excluding tert-OH is 1.